The molecule has 1 N–H and O–H groups in total. The summed E-state index contributed by atoms with van der Waals surface area (Å²) < 4.78 is 11.1. The Hall–Kier alpha value is -1.10. The molecule has 0 amide bonds. The first-order chi connectivity index (χ1) is 9.20. The van der Waals surface area contributed by atoms with E-state index in [0.717, 1.165) is 31.9 Å². The van der Waals surface area contributed by atoms with Gasteiger partial charge in [0.05, 0.1) is 19.8 Å². The van der Waals surface area contributed by atoms with Crippen LogP contribution in [0.4, 0.5) is 0 Å². The average molecular weight is 264 g/mol. The molecule has 1 aliphatic rings. The average Bonchev–Trinajstić information content (AvgIpc) is 2.45. The van der Waals surface area contributed by atoms with Gasteiger partial charge in [-0.15, -0.1) is 0 Å². The minimum atomic E-state index is 0.285. The first-order valence-electron chi connectivity index (χ1n) is 6.83. The van der Waals surface area contributed by atoms with Crippen molar-refractivity contribution in [3.63, 3.8) is 0 Å². The van der Waals surface area contributed by atoms with E-state index >= 15 is 0 Å². The molecule has 1 heterocycles. The van der Waals surface area contributed by atoms with Crippen molar-refractivity contribution >= 4 is 0 Å². The molecule has 2 rings (SSSR count). The molecule has 0 spiro atoms. The van der Waals surface area contributed by atoms with Crippen LogP contribution >= 0.6 is 0 Å². The zero-order valence-electron chi connectivity index (χ0n) is 12.1. The predicted molar refractivity (Wildman–Crippen MR) is 76.6 cm³/mol. The third-order valence-corrected chi connectivity index (χ3v) is 3.59. The van der Waals surface area contributed by atoms with Crippen molar-refractivity contribution in [2.24, 2.45) is 0 Å². The Labute approximate surface area is 115 Å². The van der Waals surface area contributed by atoms with Crippen LogP contribution in [0.5, 0.6) is 5.75 Å². The number of hydrogen-bond donors (Lipinski definition) is 1. The first kappa shape index (κ1) is 14.3. The minimum Gasteiger partial charge on any atom is -0.497 e. The molecule has 0 saturated carbocycles. The van der Waals surface area contributed by atoms with Crippen LogP contribution in [0.2, 0.25) is 0 Å². The third-order valence-electron chi connectivity index (χ3n) is 3.59. The Morgan fingerprint density at radius 3 is 2.95 bits per heavy atom. The monoisotopic (exact) mass is 264 g/mol. The lowest BCUT2D eigenvalue weighted by Crippen LogP contribution is -2.40. The fraction of sp³-hybridized carbons (Fsp3) is 0.600. The molecule has 2 unspecified atom stereocenters. The summed E-state index contributed by atoms with van der Waals surface area (Å²) in [6.07, 6.45) is 1.28. The van der Waals surface area contributed by atoms with E-state index in [1.807, 2.05) is 12.1 Å². The van der Waals surface area contributed by atoms with Crippen molar-refractivity contribution in [1.82, 2.24) is 10.2 Å². The van der Waals surface area contributed by atoms with Gasteiger partial charge in [0, 0.05) is 19.1 Å². The van der Waals surface area contributed by atoms with E-state index < -0.39 is 0 Å². The molecule has 1 saturated heterocycles. The summed E-state index contributed by atoms with van der Waals surface area (Å²) in [7, 11) is 5.93. The molecule has 0 aromatic heterocycles. The summed E-state index contributed by atoms with van der Waals surface area (Å²) >= 11 is 0. The molecule has 2 atom stereocenters. The largest absolute Gasteiger partial charge is 0.497 e. The second-order valence-electron chi connectivity index (χ2n) is 5.19. The highest BCUT2D eigenvalue weighted by Gasteiger charge is 2.22. The highest BCUT2D eigenvalue weighted by Crippen LogP contribution is 2.27. The molecule has 1 fully saturated rings. The molecular formula is C15H24N2O2. The Balaban J connectivity index is 2.09. The SMILES string of the molecule is COc1cccc(C(CC2CNCCO2)N(C)C)c1. The van der Waals surface area contributed by atoms with Crippen LogP contribution < -0.4 is 10.1 Å². The van der Waals surface area contributed by atoms with Crippen LogP contribution in [0, 0.1) is 0 Å². The van der Waals surface area contributed by atoms with Gasteiger partial charge in [-0.05, 0) is 38.2 Å². The Morgan fingerprint density at radius 1 is 1.47 bits per heavy atom. The molecule has 19 heavy (non-hydrogen) atoms. The molecular weight excluding hydrogens is 240 g/mol. The van der Waals surface area contributed by atoms with Gasteiger partial charge in [0.15, 0.2) is 0 Å². The number of benzene rings is 1. The van der Waals surface area contributed by atoms with Crippen molar-refractivity contribution in [1.29, 1.82) is 0 Å². The van der Waals surface area contributed by atoms with Gasteiger partial charge in [-0.3, -0.25) is 0 Å². The van der Waals surface area contributed by atoms with E-state index in [4.69, 9.17) is 9.47 Å². The molecule has 0 bridgehead atoms. The lowest BCUT2D eigenvalue weighted by molar-refractivity contribution is 0.00892. The molecule has 1 aromatic carbocycles. The highest BCUT2D eigenvalue weighted by molar-refractivity contribution is 5.30. The second-order valence-corrected chi connectivity index (χ2v) is 5.19. The number of morpholine rings is 1. The van der Waals surface area contributed by atoms with Gasteiger partial charge in [0.25, 0.3) is 0 Å². The summed E-state index contributed by atoms with van der Waals surface area (Å²) in [6.45, 7) is 2.71. The lowest BCUT2D eigenvalue weighted by Gasteiger charge is -2.31. The van der Waals surface area contributed by atoms with Crippen LogP contribution in [0.15, 0.2) is 24.3 Å². The van der Waals surface area contributed by atoms with E-state index in [1.165, 1.54) is 5.56 Å². The van der Waals surface area contributed by atoms with Gasteiger partial charge in [0.2, 0.25) is 0 Å². The Kier molecular flexibility index (Phi) is 5.19. The van der Waals surface area contributed by atoms with Crippen molar-refractivity contribution in [2.45, 2.75) is 18.6 Å². The first-order valence-corrected chi connectivity index (χ1v) is 6.83. The fourth-order valence-corrected chi connectivity index (χ4v) is 2.51. The molecule has 4 heteroatoms. The highest BCUT2D eigenvalue weighted by atomic mass is 16.5. The quantitative estimate of drug-likeness (QED) is 0.877. The van der Waals surface area contributed by atoms with Crippen LogP contribution in [0.25, 0.3) is 0 Å². The van der Waals surface area contributed by atoms with Gasteiger partial charge in [-0.25, -0.2) is 0 Å². The Morgan fingerprint density at radius 2 is 2.32 bits per heavy atom. The van der Waals surface area contributed by atoms with Crippen molar-refractivity contribution in [3.05, 3.63) is 29.8 Å². The number of nitrogens with zero attached hydrogens (tertiary/aromatic N) is 1. The van der Waals surface area contributed by atoms with Crippen LogP contribution in [0.1, 0.15) is 18.0 Å². The second kappa shape index (κ2) is 6.89. The van der Waals surface area contributed by atoms with Crippen molar-refractivity contribution < 1.29 is 9.47 Å². The minimum absolute atomic E-state index is 0.285. The Bertz CT molecular complexity index is 389. The topological polar surface area (TPSA) is 33.7 Å². The maximum Gasteiger partial charge on any atom is 0.119 e. The van der Waals surface area contributed by atoms with Gasteiger partial charge in [-0.1, -0.05) is 12.1 Å². The molecule has 0 radical (unpaired) electrons. The van der Waals surface area contributed by atoms with Crippen LogP contribution in [-0.2, 0) is 4.74 Å². The number of methoxy groups -OCH3 is 1. The summed E-state index contributed by atoms with van der Waals surface area (Å²) in [6, 6.07) is 8.64. The third kappa shape index (κ3) is 3.93. The predicted octanol–water partition coefficient (Wildman–Crippen LogP) is 1.68. The fourth-order valence-electron chi connectivity index (χ4n) is 2.51. The van der Waals surface area contributed by atoms with Crippen molar-refractivity contribution in [3.8, 4) is 5.75 Å². The van der Waals surface area contributed by atoms with E-state index in [-0.39, 0.29) is 6.10 Å². The number of ether oxygens (including phenoxy) is 2. The van der Waals surface area contributed by atoms with E-state index in [0.29, 0.717) is 6.04 Å². The summed E-state index contributed by atoms with van der Waals surface area (Å²) in [5, 5.41) is 3.38. The van der Waals surface area contributed by atoms with Gasteiger partial charge in [0.1, 0.15) is 5.75 Å². The van der Waals surface area contributed by atoms with Crippen LogP contribution in [-0.4, -0.2) is 51.9 Å². The van der Waals surface area contributed by atoms with E-state index in [1.54, 1.807) is 7.11 Å². The van der Waals surface area contributed by atoms with E-state index in [2.05, 4.69) is 36.4 Å². The smallest absolute Gasteiger partial charge is 0.119 e. The summed E-state index contributed by atoms with van der Waals surface area (Å²) in [5.41, 5.74) is 1.28. The maximum atomic E-state index is 5.82. The zero-order valence-corrected chi connectivity index (χ0v) is 12.1. The van der Waals surface area contributed by atoms with Gasteiger partial charge >= 0.3 is 0 Å². The molecule has 1 aromatic rings. The number of hydrogen-bond acceptors (Lipinski definition) is 4. The summed E-state index contributed by atoms with van der Waals surface area (Å²) in [5.74, 6) is 0.909. The number of rotatable bonds is 5. The van der Waals surface area contributed by atoms with Crippen LogP contribution in [0.3, 0.4) is 0 Å². The number of nitrogens with one attached hydrogen (secondary N) is 1. The molecule has 1 aliphatic heterocycles. The standard InChI is InChI=1S/C15H24N2O2/c1-17(2)15(10-14-11-16-7-8-19-14)12-5-4-6-13(9-12)18-3/h4-6,9,14-16H,7-8,10-11H2,1-3H3. The zero-order chi connectivity index (χ0) is 13.7. The molecule has 0 aliphatic carbocycles. The van der Waals surface area contributed by atoms with Gasteiger partial charge in [-0.2, -0.15) is 0 Å². The lowest BCUT2D eigenvalue weighted by atomic mass is 9.99. The van der Waals surface area contributed by atoms with Crippen molar-refractivity contribution in [2.75, 3.05) is 40.9 Å². The maximum absolute atomic E-state index is 5.82. The van der Waals surface area contributed by atoms with Gasteiger partial charge < -0.3 is 19.7 Å². The normalized spacial score (nSPS) is 21.4. The summed E-state index contributed by atoms with van der Waals surface area (Å²) in [4.78, 5) is 2.24. The molecule has 106 valence electrons. The van der Waals surface area contributed by atoms with E-state index in [9.17, 15) is 0 Å². The molecule has 4 nitrogen and oxygen atoms in total.